The van der Waals surface area contributed by atoms with Gasteiger partial charge in [0.15, 0.2) is 5.82 Å². The summed E-state index contributed by atoms with van der Waals surface area (Å²) >= 11 is 0. The molecule has 4 aromatic heterocycles. The molecule has 44 heavy (non-hydrogen) atoms. The normalized spacial score (nSPS) is 18.6. The number of fused-ring (bicyclic) bond motifs is 6. The largest absolute Gasteiger partial charge is 0.308 e. The molecular formula is C39H25N5. The smallest absolute Gasteiger partial charge is 0.162 e. The van der Waals surface area contributed by atoms with Gasteiger partial charge < -0.3 is 4.57 Å². The average molecular weight is 586 g/mol. The standard InChI is InChI=1S/C39H25N5/c1-2-12-26(13-3-1)39-41-32(24-38(42-39)44-34-19-9-4-14-27(34)28-15-5-10-20-35(28)44)30-17-7-11-21-36(30)43-33-18-8-6-16-29(33)31-25-40-23-22-37(31)43/h1-25H/i1D,2D,3D,4D,5D,6D,7D,8D,9D,10D,11D,12D,13D,14D,15D,16D,17D,18D,19D,20D,21D,24D. The van der Waals surface area contributed by atoms with Gasteiger partial charge in [-0.1, -0.05) is 103 Å². The Labute approximate surface area is 284 Å². The third kappa shape index (κ3) is 3.69. The van der Waals surface area contributed by atoms with Gasteiger partial charge in [-0.05, 0) is 30.2 Å². The van der Waals surface area contributed by atoms with Crippen LogP contribution in [0.5, 0.6) is 0 Å². The van der Waals surface area contributed by atoms with E-state index in [-0.39, 0.29) is 21.8 Å². The van der Waals surface area contributed by atoms with E-state index in [9.17, 15) is 4.11 Å². The predicted octanol–water partition coefficient (Wildman–Crippen LogP) is 9.40. The van der Waals surface area contributed by atoms with E-state index in [1.165, 1.54) is 18.5 Å². The molecule has 9 aromatic rings. The molecule has 0 saturated carbocycles. The van der Waals surface area contributed by atoms with Crippen LogP contribution in [0.1, 0.15) is 30.2 Å². The number of benzene rings is 5. The van der Waals surface area contributed by atoms with Crippen LogP contribution in [0.2, 0.25) is 0 Å². The molecule has 9 rings (SSSR count). The fraction of sp³-hybridized carbons (Fsp3) is 0. The third-order valence-electron chi connectivity index (χ3n) is 6.96. The Bertz CT molecular complexity index is 3640. The van der Waals surface area contributed by atoms with Crippen molar-refractivity contribution in [2.75, 3.05) is 0 Å². The molecule has 0 saturated heterocycles. The van der Waals surface area contributed by atoms with Gasteiger partial charge in [0.05, 0.1) is 63.6 Å². The first-order valence-corrected chi connectivity index (χ1v) is 12.9. The zero-order valence-electron chi connectivity index (χ0n) is 44.0. The average Bonchev–Trinajstić information content (AvgIpc) is 3.84. The molecule has 0 bridgehead atoms. The number of hydrogen-bond acceptors (Lipinski definition) is 3. The lowest BCUT2D eigenvalue weighted by molar-refractivity contribution is 1.04. The van der Waals surface area contributed by atoms with Gasteiger partial charge in [0.1, 0.15) is 5.82 Å². The van der Waals surface area contributed by atoms with Gasteiger partial charge in [-0.3, -0.25) is 9.55 Å². The number of aromatic nitrogens is 5. The van der Waals surface area contributed by atoms with Crippen molar-refractivity contribution in [2.24, 2.45) is 0 Å². The molecule has 0 radical (unpaired) electrons. The van der Waals surface area contributed by atoms with Crippen LogP contribution in [0.15, 0.2) is 151 Å². The summed E-state index contributed by atoms with van der Waals surface area (Å²) in [7, 11) is 0. The van der Waals surface area contributed by atoms with E-state index in [0.29, 0.717) is 0 Å². The summed E-state index contributed by atoms with van der Waals surface area (Å²) in [6, 6.07) is -16.4. The van der Waals surface area contributed by atoms with Gasteiger partial charge in [-0.25, -0.2) is 9.97 Å². The summed E-state index contributed by atoms with van der Waals surface area (Å²) in [6.07, 6.45) is 2.57. The molecule has 0 amide bonds. The van der Waals surface area contributed by atoms with Crippen molar-refractivity contribution in [1.82, 2.24) is 24.1 Å². The molecule has 0 spiro atoms. The molecule has 5 aromatic carbocycles. The van der Waals surface area contributed by atoms with Crippen LogP contribution >= 0.6 is 0 Å². The van der Waals surface area contributed by atoms with E-state index in [4.69, 9.17) is 26.0 Å². The highest BCUT2D eigenvalue weighted by Crippen LogP contribution is 2.37. The monoisotopic (exact) mass is 585 g/mol. The van der Waals surface area contributed by atoms with Crippen LogP contribution < -0.4 is 0 Å². The van der Waals surface area contributed by atoms with Crippen molar-refractivity contribution in [3.05, 3.63) is 151 Å². The fourth-order valence-electron chi connectivity index (χ4n) is 5.16. The van der Waals surface area contributed by atoms with Crippen molar-refractivity contribution in [1.29, 1.82) is 0 Å². The van der Waals surface area contributed by atoms with E-state index in [2.05, 4.69) is 15.0 Å². The minimum Gasteiger partial charge on any atom is -0.308 e. The van der Waals surface area contributed by atoms with Crippen molar-refractivity contribution < 1.29 is 30.2 Å². The Kier molecular flexibility index (Phi) is 2.48. The number of para-hydroxylation sites is 4. The number of rotatable bonds is 4. The second-order valence-electron chi connectivity index (χ2n) is 9.30. The lowest BCUT2D eigenvalue weighted by atomic mass is 10.1. The van der Waals surface area contributed by atoms with Gasteiger partial charge in [0.2, 0.25) is 0 Å². The quantitative estimate of drug-likeness (QED) is 0.207. The topological polar surface area (TPSA) is 48.5 Å². The summed E-state index contributed by atoms with van der Waals surface area (Å²) < 4.78 is 196. The highest BCUT2D eigenvalue weighted by atomic mass is 15.1. The van der Waals surface area contributed by atoms with Gasteiger partial charge in [0, 0.05) is 51.1 Å². The Morgan fingerprint density at radius 1 is 0.523 bits per heavy atom. The molecule has 4 heterocycles. The lowest BCUT2D eigenvalue weighted by Gasteiger charge is -2.16. The summed E-state index contributed by atoms with van der Waals surface area (Å²) in [6.45, 7) is 0. The second-order valence-corrected chi connectivity index (χ2v) is 9.30. The molecule has 0 unspecified atom stereocenters. The summed E-state index contributed by atoms with van der Waals surface area (Å²) in [5, 5.41) is -0.879. The Morgan fingerprint density at radius 2 is 1.11 bits per heavy atom. The Hall–Kier alpha value is -6.07. The molecule has 0 aliphatic carbocycles. The van der Waals surface area contributed by atoms with Gasteiger partial charge in [-0.2, -0.15) is 0 Å². The number of nitrogens with zero attached hydrogens (tertiary/aromatic N) is 5. The third-order valence-corrected chi connectivity index (χ3v) is 6.96. The lowest BCUT2D eigenvalue weighted by Crippen LogP contribution is -2.04. The molecule has 0 aliphatic heterocycles. The maximum Gasteiger partial charge on any atom is 0.162 e. The molecular weight excluding hydrogens is 538 g/mol. The zero-order chi connectivity index (χ0) is 48.2. The van der Waals surface area contributed by atoms with Gasteiger partial charge >= 0.3 is 0 Å². The van der Waals surface area contributed by atoms with Gasteiger partial charge in [0.25, 0.3) is 0 Å². The summed E-state index contributed by atoms with van der Waals surface area (Å²) in [4.78, 5) is 13.1. The van der Waals surface area contributed by atoms with Crippen molar-refractivity contribution in [2.45, 2.75) is 0 Å². The van der Waals surface area contributed by atoms with Crippen molar-refractivity contribution in [3.63, 3.8) is 0 Å². The molecule has 0 N–H and O–H groups in total. The second kappa shape index (κ2) is 9.75. The Balaban J connectivity index is 1.59. The first kappa shape index (κ1) is 11.2. The minimum atomic E-state index is -0.944. The first-order valence-electron chi connectivity index (χ1n) is 23.9. The van der Waals surface area contributed by atoms with E-state index in [0.717, 1.165) is 9.13 Å². The predicted molar refractivity (Wildman–Crippen MR) is 179 cm³/mol. The van der Waals surface area contributed by atoms with Crippen molar-refractivity contribution in [3.8, 4) is 34.2 Å². The maximum absolute atomic E-state index is 9.89. The van der Waals surface area contributed by atoms with E-state index in [1.54, 1.807) is 0 Å². The molecule has 0 aliphatic rings. The number of hydrogen-bond donors (Lipinski definition) is 0. The SMILES string of the molecule is [2H]c1c(-c2c([2H])c([2H])c([2H])c([2H])c2-n2c3ccncc3c3c([2H])c([2H])c([2H])c([2H])c32)nc(-c2c([2H])c([2H])c([2H])c([2H])c2[2H])nc1-n1c2c([2H])c([2H])c([2H])c([2H])c2c2c([2H])c([2H])c([2H])c([2H])c21. The molecule has 0 fully saturated rings. The van der Waals surface area contributed by atoms with Gasteiger partial charge in [-0.15, -0.1) is 0 Å². The van der Waals surface area contributed by atoms with Crippen LogP contribution in [0.3, 0.4) is 0 Å². The molecule has 206 valence electrons. The highest BCUT2D eigenvalue weighted by Gasteiger charge is 2.19. The molecule has 5 nitrogen and oxygen atoms in total. The van der Waals surface area contributed by atoms with Crippen molar-refractivity contribution >= 4 is 43.6 Å². The fourth-order valence-corrected chi connectivity index (χ4v) is 5.16. The van der Waals surface area contributed by atoms with E-state index < -0.39 is 189 Å². The van der Waals surface area contributed by atoms with E-state index >= 15 is 0 Å². The first-order chi connectivity index (χ1) is 31.0. The minimum absolute atomic E-state index is 0.0410. The molecule has 5 heteroatoms. The summed E-state index contributed by atoms with van der Waals surface area (Å²) in [5.41, 5.74) is -4.08. The summed E-state index contributed by atoms with van der Waals surface area (Å²) in [5.74, 6) is -1.61. The zero-order valence-corrected chi connectivity index (χ0v) is 22.0. The van der Waals surface area contributed by atoms with Crippen LogP contribution in [0.25, 0.3) is 77.8 Å². The molecule has 0 atom stereocenters. The maximum atomic E-state index is 9.89. The van der Waals surface area contributed by atoms with Crippen LogP contribution in [-0.4, -0.2) is 24.1 Å². The Morgan fingerprint density at radius 3 is 1.84 bits per heavy atom. The van der Waals surface area contributed by atoms with Crippen LogP contribution in [0, 0.1) is 0 Å². The van der Waals surface area contributed by atoms with Crippen LogP contribution in [0.4, 0.5) is 0 Å². The number of pyridine rings is 1. The highest BCUT2D eigenvalue weighted by molar-refractivity contribution is 6.10. The van der Waals surface area contributed by atoms with Crippen LogP contribution in [-0.2, 0) is 0 Å². The van der Waals surface area contributed by atoms with E-state index in [1.807, 2.05) is 0 Å².